The van der Waals surface area contributed by atoms with Gasteiger partial charge in [0.15, 0.2) is 5.70 Å². The van der Waals surface area contributed by atoms with Crippen LogP contribution in [0.2, 0.25) is 10.0 Å². The van der Waals surface area contributed by atoms with E-state index in [0.717, 1.165) is 15.6 Å². The lowest BCUT2D eigenvalue weighted by molar-refractivity contribution is -0.129. The molecule has 168 valence electrons. The fourth-order valence-corrected chi connectivity index (χ4v) is 5.06. The number of cyclic esters (lactones) is 1. The van der Waals surface area contributed by atoms with E-state index in [-0.39, 0.29) is 17.3 Å². The lowest BCUT2D eigenvalue weighted by Crippen LogP contribution is -2.09. The van der Waals surface area contributed by atoms with E-state index >= 15 is 0 Å². The van der Waals surface area contributed by atoms with E-state index in [1.807, 2.05) is 25.1 Å². The van der Waals surface area contributed by atoms with E-state index in [9.17, 15) is 9.59 Å². The van der Waals surface area contributed by atoms with Crippen molar-refractivity contribution in [2.24, 2.45) is 4.99 Å². The predicted molar refractivity (Wildman–Crippen MR) is 135 cm³/mol. The summed E-state index contributed by atoms with van der Waals surface area (Å²) in [6, 6.07) is 19.1. The molecule has 3 aromatic carbocycles. The molecule has 0 unspecified atom stereocenters. The number of hydrogen-bond acceptors (Lipinski definition) is 6. The highest BCUT2D eigenvalue weighted by atomic mass is 35.5. The molecule has 4 aromatic rings. The summed E-state index contributed by atoms with van der Waals surface area (Å²) < 4.78 is 12.0. The highest BCUT2D eigenvalue weighted by Gasteiger charge is 2.28. The van der Waals surface area contributed by atoms with Gasteiger partial charge in [-0.1, -0.05) is 53.5 Å². The Bertz CT molecular complexity index is 1520. The topological polar surface area (TPSA) is 65.0 Å². The van der Waals surface area contributed by atoms with Gasteiger partial charge in [0.05, 0.1) is 10.6 Å². The average molecular weight is 508 g/mol. The van der Waals surface area contributed by atoms with Gasteiger partial charge in [-0.2, -0.15) is 0 Å². The van der Waals surface area contributed by atoms with Gasteiger partial charge < -0.3 is 9.47 Å². The molecule has 2 heterocycles. The lowest BCUT2D eigenvalue weighted by Gasteiger charge is -2.07. The monoisotopic (exact) mass is 507 g/mol. The summed E-state index contributed by atoms with van der Waals surface area (Å²) in [5.41, 5.74) is 2.03. The Morgan fingerprint density at radius 3 is 2.62 bits per heavy atom. The molecule has 0 bridgehead atoms. The van der Waals surface area contributed by atoms with Crippen molar-refractivity contribution in [1.29, 1.82) is 0 Å². The predicted octanol–water partition coefficient (Wildman–Crippen LogP) is 7.08. The second-order valence-corrected chi connectivity index (χ2v) is 9.38. The molecule has 8 heteroatoms. The number of rotatable bonds is 4. The van der Waals surface area contributed by atoms with Crippen molar-refractivity contribution < 1.29 is 19.1 Å². The number of aliphatic imine (C=N–C) groups is 1. The summed E-state index contributed by atoms with van der Waals surface area (Å²) in [5.74, 6) is -0.732. The molecule has 0 spiro atoms. The Morgan fingerprint density at radius 1 is 1.06 bits per heavy atom. The number of fused-ring (bicyclic) bond motifs is 1. The first kappa shape index (κ1) is 22.3. The normalized spacial score (nSPS) is 14.4. The third kappa shape index (κ3) is 4.35. The fourth-order valence-electron chi connectivity index (χ4n) is 3.40. The van der Waals surface area contributed by atoms with Gasteiger partial charge in [0.2, 0.25) is 5.90 Å². The molecule has 0 fully saturated rings. The molecule has 34 heavy (non-hydrogen) atoms. The van der Waals surface area contributed by atoms with Crippen LogP contribution in [0.1, 0.15) is 26.4 Å². The van der Waals surface area contributed by atoms with Crippen LogP contribution >= 0.6 is 34.5 Å². The number of carbonyl (C=O) groups is 2. The Morgan fingerprint density at radius 2 is 1.82 bits per heavy atom. The number of hydrogen-bond donors (Lipinski definition) is 0. The van der Waals surface area contributed by atoms with E-state index in [2.05, 4.69) is 4.99 Å². The van der Waals surface area contributed by atoms with Gasteiger partial charge in [0.1, 0.15) is 10.6 Å². The van der Waals surface area contributed by atoms with Gasteiger partial charge in [-0.05, 0) is 55.0 Å². The van der Waals surface area contributed by atoms with Crippen molar-refractivity contribution >= 4 is 68.5 Å². The average Bonchev–Trinajstić information content (AvgIpc) is 3.34. The highest BCUT2D eigenvalue weighted by Crippen LogP contribution is 2.38. The summed E-state index contributed by atoms with van der Waals surface area (Å²) in [6.45, 7) is 2.00. The molecule has 5 nitrogen and oxygen atoms in total. The lowest BCUT2D eigenvalue weighted by atomic mass is 10.1. The number of carbonyl (C=O) groups excluding carboxylic acids is 2. The van der Waals surface area contributed by atoms with Crippen LogP contribution in [0.4, 0.5) is 0 Å². The number of thiophene rings is 1. The first-order chi connectivity index (χ1) is 16.4. The summed E-state index contributed by atoms with van der Waals surface area (Å²) >= 11 is 13.8. The van der Waals surface area contributed by atoms with Gasteiger partial charge in [0.25, 0.3) is 0 Å². The van der Waals surface area contributed by atoms with Crippen LogP contribution in [-0.4, -0.2) is 17.8 Å². The van der Waals surface area contributed by atoms with Gasteiger partial charge in [-0.3, -0.25) is 0 Å². The summed E-state index contributed by atoms with van der Waals surface area (Å²) in [5, 5.41) is 1.89. The number of benzene rings is 3. The fraction of sp³-hybridized carbons (Fsp3) is 0.0385. The zero-order valence-corrected chi connectivity index (χ0v) is 20.0. The molecule has 0 aliphatic carbocycles. The minimum absolute atomic E-state index is 0.0784. The van der Waals surface area contributed by atoms with E-state index in [0.29, 0.717) is 26.0 Å². The number of halogens is 2. The quantitative estimate of drug-likeness (QED) is 0.168. The highest BCUT2D eigenvalue weighted by molar-refractivity contribution is 7.21. The van der Waals surface area contributed by atoms with Gasteiger partial charge in [-0.25, -0.2) is 14.6 Å². The van der Waals surface area contributed by atoms with E-state index in [1.165, 1.54) is 17.4 Å². The molecule has 1 aliphatic rings. The minimum Gasteiger partial charge on any atom is -0.422 e. The molecule has 0 radical (unpaired) electrons. The Balaban J connectivity index is 1.46. The molecule has 1 aromatic heterocycles. The maximum atomic E-state index is 12.6. The summed E-state index contributed by atoms with van der Waals surface area (Å²) in [6.07, 6.45) is 1.52. The van der Waals surface area contributed by atoms with Crippen LogP contribution in [0.15, 0.2) is 77.4 Å². The first-order valence-corrected chi connectivity index (χ1v) is 11.7. The van der Waals surface area contributed by atoms with Gasteiger partial charge >= 0.3 is 11.9 Å². The first-order valence-electron chi connectivity index (χ1n) is 10.2. The molecule has 0 N–H and O–H groups in total. The maximum Gasteiger partial charge on any atom is 0.363 e. The summed E-state index contributed by atoms with van der Waals surface area (Å²) in [7, 11) is 0. The van der Waals surface area contributed by atoms with Crippen LogP contribution in [0.25, 0.3) is 16.2 Å². The zero-order chi connectivity index (χ0) is 23.8. The number of aryl methyl sites for hydroxylation is 1. The zero-order valence-electron chi connectivity index (χ0n) is 17.7. The molecule has 0 saturated carbocycles. The molecular formula is C26H15Cl2NO4S. The second-order valence-electron chi connectivity index (χ2n) is 7.52. The van der Waals surface area contributed by atoms with E-state index < -0.39 is 11.9 Å². The SMILES string of the molecule is Cc1ccc2c(Cl)c(C3=N/C(=C/c4ccccc4OC(=O)c4ccc(Cl)cc4)C(=O)O3)sc2c1. The Kier molecular flexibility index (Phi) is 5.96. The van der Waals surface area contributed by atoms with Crippen LogP contribution < -0.4 is 4.74 Å². The van der Waals surface area contributed by atoms with Crippen molar-refractivity contribution in [3.05, 3.63) is 104 Å². The minimum atomic E-state index is -0.612. The summed E-state index contributed by atoms with van der Waals surface area (Å²) in [4.78, 5) is 30.1. The standard InChI is InChI=1S/C26H15Cl2NO4S/c1-14-6-11-18-21(12-14)34-23(22(18)28)24-29-19(26(31)33-24)13-16-4-2-3-5-20(16)32-25(30)15-7-9-17(27)10-8-15/h2-13H,1H3/b19-13+. The largest absolute Gasteiger partial charge is 0.422 e. The molecule has 0 atom stereocenters. The number of esters is 2. The third-order valence-corrected chi connectivity index (χ3v) is 6.99. The van der Waals surface area contributed by atoms with Crippen molar-refractivity contribution in [1.82, 2.24) is 0 Å². The Hall–Kier alpha value is -3.45. The second kappa shape index (κ2) is 9.06. The third-order valence-electron chi connectivity index (χ3n) is 5.09. The number of para-hydroxylation sites is 1. The van der Waals surface area contributed by atoms with E-state index in [1.54, 1.807) is 48.5 Å². The van der Waals surface area contributed by atoms with E-state index in [4.69, 9.17) is 32.7 Å². The van der Waals surface area contributed by atoms with Crippen molar-refractivity contribution in [3.8, 4) is 5.75 Å². The number of ether oxygens (including phenoxy) is 2. The van der Waals surface area contributed by atoms with Crippen LogP contribution in [0.3, 0.4) is 0 Å². The van der Waals surface area contributed by atoms with Crippen molar-refractivity contribution in [2.75, 3.05) is 0 Å². The number of nitrogens with zero attached hydrogens (tertiary/aromatic N) is 1. The van der Waals surface area contributed by atoms with Crippen molar-refractivity contribution in [2.45, 2.75) is 6.92 Å². The van der Waals surface area contributed by atoms with Crippen LogP contribution in [0, 0.1) is 6.92 Å². The van der Waals surface area contributed by atoms with Crippen LogP contribution in [0.5, 0.6) is 5.75 Å². The smallest absolute Gasteiger partial charge is 0.363 e. The van der Waals surface area contributed by atoms with Gasteiger partial charge in [-0.15, -0.1) is 11.3 Å². The van der Waals surface area contributed by atoms with Crippen LogP contribution in [-0.2, 0) is 9.53 Å². The molecule has 0 amide bonds. The van der Waals surface area contributed by atoms with Gasteiger partial charge in [0, 0.05) is 20.7 Å². The Labute approximate surface area is 208 Å². The molecule has 1 aliphatic heterocycles. The maximum absolute atomic E-state index is 12.6. The van der Waals surface area contributed by atoms with Crippen molar-refractivity contribution in [3.63, 3.8) is 0 Å². The molecule has 5 rings (SSSR count). The molecular weight excluding hydrogens is 493 g/mol. The molecule has 0 saturated heterocycles.